The molecule has 0 atom stereocenters. The molecule has 1 heterocycles. The molecule has 0 saturated heterocycles. The minimum atomic E-state index is 0.462. The number of nitrogens with one attached hydrogen (secondary N) is 2. The summed E-state index contributed by atoms with van der Waals surface area (Å²) >= 11 is 6.08. The maximum Gasteiger partial charge on any atom is 0.244 e. The van der Waals surface area contributed by atoms with Gasteiger partial charge in [-0.2, -0.15) is 10.1 Å². The molecule has 0 saturated carbocycles. The van der Waals surface area contributed by atoms with Crippen molar-refractivity contribution < 1.29 is 0 Å². The van der Waals surface area contributed by atoms with Gasteiger partial charge in [0.2, 0.25) is 5.95 Å². The Bertz CT molecular complexity index is 558. The number of hydrogen-bond donors (Lipinski definition) is 2. The van der Waals surface area contributed by atoms with Crippen LogP contribution in [0.2, 0.25) is 5.02 Å². The molecule has 1 aromatic carbocycles. The van der Waals surface area contributed by atoms with Gasteiger partial charge in [-0.1, -0.05) is 35.9 Å². The molecular formula is C13H14ClN5. The van der Waals surface area contributed by atoms with Gasteiger partial charge in [0.1, 0.15) is 0 Å². The summed E-state index contributed by atoms with van der Waals surface area (Å²) in [6, 6.07) is 7.66. The quantitative estimate of drug-likeness (QED) is 0.794. The highest BCUT2D eigenvalue weighted by Gasteiger charge is 2.01. The van der Waals surface area contributed by atoms with Crippen molar-refractivity contribution >= 4 is 23.4 Å². The molecule has 0 radical (unpaired) electrons. The fourth-order valence-electron chi connectivity index (χ4n) is 1.45. The van der Waals surface area contributed by atoms with Crippen LogP contribution in [0.4, 0.5) is 11.8 Å². The predicted molar refractivity (Wildman–Crippen MR) is 77.3 cm³/mol. The molecule has 0 aliphatic carbocycles. The van der Waals surface area contributed by atoms with E-state index >= 15 is 0 Å². The van der Waals surface area contributed by atoms with Crippen molar-refractivity contribution in [2.24, 2.45) is 0 Å². The smallest absolute Gasteiger partial charge is 0.244 e. The maximum absolute atomic E-state index is 6.08. The molecule has 0 fully saturated rings. The lowest BCUT2D eigenvalue weighted by atomic mass is 10.2. The summed E-state index contributed by atoms with van der Waals surface area (Å²) in [7, 11) is 0. The summed E-state index contributed by atoms with van der Waals surface area (Å²) in [6.45, 7) is 4.79. The number of aromatic nitrogens is 3. The topological polar surface area (TPSA) is 62.7 Å². The Hall–Kier alpha value is -2.14. The molecule has 5 nitrogen and oxygen atoms in total. The second-order valence-electron chi connectivity index (χ2n) is 3.78. The van der Waals surface area contributed by atoms with Crippen molar-refractivity contribution in [3.8, 4) is 0 Å². The van der Waals surface area contributed by atoms with Crippen LogP contribution in [0.1, 0.15) is 5.56 Å². The first-order valence-electron chi connectivity index (χ1n) is 5.81. The molecule has 2 N–H and O–H groups in total. The fraction of sp³-hybridized carbons (Fsp3) is 0.154. The molecule has 1 aromatic heterocycles. The third kappa shape index (κ3) is 3.93. The molecule has 0 bridgehead atoms. The summed E-state index contributed by atoms with van der Waals surface area (Å²) in [5.74, 6) is 1.10. The number of rotatable bonds is 6. The van der Waals surface area contributed by atoms with Gasteiger partial charge < -0.3 is 10.6 Å². The molecule has 0 amide bonds. The number of halogens is 1. The van der Waals surface area contributed by atoms with Gasteiger partial charge in [0.25, 0.3) is 0 Å². The fourth-order valence-corrected chi connectivity index (χ4v) is 1.66. The summed E-state index contributed by atoms with van der Waals surface area (Å²) in [4.78, 5) is 4.27. The SMILES string of the molecule is C=CCNc1nncc(NCc2ccccc2Cl)n1. The Balaban J connectivity index is 1.99. The van der Waals surface area contributed by atoms with Crippen LogP contribution in [0.3, 0.4) is 0 Å². The van der Waals surface area contributed by atoms with Crippen molar-refractivity contribution in [1.82, 2.24) is 15.2 Å². The van der Waals surface area contributed by atoms with Crippen molar-refractivity contribution in [3.05, 3.63) is 53.7 Å². The van der Waals surface area contributed by atoms with E-state index in [0.717, 1.165) is 10.6 Å². The van der Waals surface area contributed by atoms with E-state index in [1.54, 1.807) is 12.3 Å². The number of benzene rings is 1. The van der Waals surface area contributed by atoms with E-state index in [0.29, 0.717) is 24.9 Å². The molecule has 0 spiro atoms. The van der Waals surface area contributed by atoms with Gasteiger partial charge in [-0.05, 0) is 11.6 Å². The molecule has 6 heteroatoms. The summed E-state index contributed by atoms with van der Waals surface area (Å²) in [5, 5.41) is 14.6. The van der Waals surface area contributed by atoms with E-state index in [1.807, 2.05) is 24.3 Å². The van der Waals surface area contributed by atoms with Crippen LogP contribution in [0.15, 0.2) is 43.1 Å². The molecule has 0 aliphatic heterocycles. The first-order valence-corrected chi connectivity index (χ1v) is 6.19. The molecular weight excluding hydrogens is 262 g/mol. The lowest BCUT2D eigenvalue weighted by Crippen LogP contribution is -2.08. The van der Waals surface area contributed by atoms with Crippen LogP contribution in [0.5, 0.6) is 0 Å². The highest BCUT2D eigenvalue weighted by Crippen LogP contribution is 2.16. The summed E-state index contributed by atoms with van der Waals surface area (Å²) in [6.07, 6.45) is 3.29. The normalized spacial score (nSPS) is 9.95. The van der Waals surface area contributed by atoms with Crippen LogP contribution in [-0.4, -0.2) is 21.7 Å². The molecule has 19 heavy (non-hydrogen) atoms. The van der Waals surface area contributed by atoms with E-state index in [2.05, 4.69) is 32.4 Å². The standard InChI is InChI=1S/C13H14ClN5/c1-2-7-15-13-18-12(9-17-19-13)16-8-10-5-3-4-6-11(10)14/h2-6,9H,1,7-8H2,(H2,15,16,18,19). The lowest BCUT2D eigenvalue weighted by Gasteiger charge is -2.07. The second kappa shape index (κ2) is 6.70. The Kier molecular flexibility index (Phi) is 4.69. The third-order valence-corrected chi connectivity index (χ3v) is 2.75. The Labute approximate surface area is 116 Å². The first-order chi connectivity index (χ1) is 9.29. The van der Waals surface area contributed by atoms with E-state index in [1.165, 1.54) is 0 Å². The van der Waals surface area contributed by atoms with Crippen molar-refractivity contribution in [2.75, 3.05) is 17.2 Å². The molecule has 2 rings (SSSR count). The Morgan fingerprint density at radius 3 is 2.89 bits per heavy atom. The zero-order valence-electron chi connectivity index (χ0n) is 10.3. The zero-order chi connectivity index (χ0) is 13.5. The predicted octanol–water partition coefficient (Wildman–Crippen LogP) is 2.74. The second-order valence-corrected chi connectivity index (χ2v) is 4.19. The summed E-state index contributed by atoms with van der Waals surface area (Å²) in [5.41, 5.74) is 1.00. The maximum atomic E-state index is 6.08. The number of hydrogen-bond acceptors (Lipinski definition) is 5. The highest BCUT2D eigenvalue weighted by molar-refractivity contribution is 6.31. The molecule has 0 unspecified atom stereocenters. The first kappa shape index (κ1) is 13.3. The minimum absolute atomic E-state index is 0.462. The Morgan fingerprint density at radius 2 is 2.11 bits per heavy atom. The van der Waals surface area contributed by atoms with Crippen LogP contribution < -0.4 is 10.6 Å². The van der Waals surface area contributed by atoms with Crippen molar-refractivity contribution in [1.29, 1.82) is 0 Å². The zero-order valence-corrected chi connectivity index (χ0v) is 11.1. The van der Waals surface area contributed by atoms with E-state index in [4.69, 9.17) is 11.6 Å². The van der Waals surface area contributed by atoms with E-state index < -0.39 is 0 Å². The van der Waals surface area contributed by atoms with Gasteiger partial charge in [0.05, 0.1) is 6.20 Å². The molecule has 98 valence electrons. The van der Waals surface area contributed by atoms with Gasteiger partial charge in [-0.25, -0.2) is 0 Å². The molecule has 0 aliphatic rings. The van der Waals surface area contributed by atoms with Gasteiger partial charge in [-0.3, -0.25) is 0 Å². The average molecular weight is 276 g/mol. The highest BCUT2D eigenvalue weighted by atomic mass is 35.5. The number of anilines is 2. The van der Waals surface area contributed by atoms with Crippen molar-refractivity contribution in [2.45, 2.75) is 6.54 Å². The monoisotopic (exact) mass is 275 g/mol. The lowest BCUT2D eigenvalue weighted by molar-refractivity contribution is 0.953. The summed E-state index contributed by atoms with van der Waals surface area (Å²) < 4.78 is 0. The van der Waals surface area contributed by atoms with E-state index in [-0.39, 0.29) is 0 Å². The van der Waals surface area contributed by atoms with Crippen LogP contribution in [0.25, 0.3) is 0 Å². The Morgan fingerprint density at radius 1 is 1.26 bits per heavy atom. The van der Waals surface area contributed by atoms with E-state index in [9.17, 15) is 0 Å². The third-order valence-electron chi connectivity index (χ3n) is 2.38. The van der Waals surface area contributed by atoms with Gasteiger partial charge >= 0.3 is 0 Å². The largest absolute Gasteiger partial charge is 0.364 e. The van der Waals surface area contributed by atoms with Crippen LogP contribution >= 0.6 is 11.6 Å². The number of nitrogens with zero attached hydrogens (tertiary/aromatic N) is 3. The van der Waals surface area contributed by atoms with Crippen LogP contribution in [0, 0.1) is 0 Å². The van der Waals surface area contributed by atoms with Gasteiger partial charge in [0.15, 0.2) is 5.82 Å². The van der Waals surface area contributed by atoms with Gasteiger partial charge in [-0.15, -0.1) is 11.7 Å². The van der Waals surface area contributed by atoms with Crippen molar-refractivity contribution in [3.63, 3.8) is 0 Å². The minimum Gasteiger partial charge on any atom is -0.364 e. The molecule has 2 aromatic rings. The average Bonchev–Trinajstić information content (AvgIpc) is 2.45. The van der Waals surface area contributed by atoms with Gasteiger partial charge in [0, 0.05) is 18.1 Å². The van der Waals surface area contributed by atoms with Crippen LogP contribution in [-0.2, 0) is 6.54 Å².